The lowest BCUT2D eigenvalue weighted by Gasteiger charge is -2.43. The highest BCUT2D eigenvalue weighted by Crippen LogP contribution is 2.25. The van der Waals surface area contributed by atoms with E-state index in [-0.39, 0.29) is 12.1 Å². The Morgan fingerprint density at radius 3 is 2.70 bits per heavy atom. The first-order valence-electron chi connectivity index (χ1n) is 7.52. The molecule has 20 heavy (non-hydrogen) atoms. The molecular formula is C14H23N5O. The van der Waals surface area contributed by atoms with Crippen LogP contribution < -0.4 is 5.32 Å². The standard InChI is InChI=1S/C14H23N5O/c1-11(12-9-15-16-10-12)17-14(20)19-7-5-18(6-8-19)13-3-2-4-13/h9-11,13H,2-8H2,1H3,(H,15,16)(H,17,20). The van der Waals surface area contributed by atoms with E-state index < -0.39 is 0 Å². The third-order valence-electron chi connectivity index (χ3n) is 4.55. The van der Waals surface area contributed by atoms with E-state index in [0.717, 1.165) is 37.8 Å². The fraction of sp³-hybridized carbons (Fsp3) is 0.714. The minimum atomic E-state index is -0.00842. The first-order valence-corrected chi connectivity index (χ1v) is 7.52. The Labute approximate surface area is 119 Å². The second kappa shape index (κ2) is 5.83. The van der Waals surface area contributed by atoms with Crippen molar-refractivity contribution >= 4 is 6.03 Å². The second-order valence-electron chi connectivity index (χ2n) is 5.81. The molecule has 1 aliphatic carbocycles. The number of carbonyl (C=O) groups is 1. The van der Waals surface area contributed by atoms with Crippen LogP contribution >= 0.6 is 0 Å². The highest BCUT2D eigenvalue weighted by molar-refractivity contribution is 5.74. The van der Waals surface area contributed by atoms with Gasteiger partial charge >= 0.3 is 6.03 Å². The number of nitrogens with zero attached hydrogens (tertiary/aromatic N) is 3. The first-order chi connectivity index (χ1) is 9.74. The SMILES string of the molecule is CC(NC(=O)N1CCN(C2CCC2)CC1)c1cn[nH]c1. The number of aromatic nitrogens is 2. The predicted octanol–water partition coefficient (Wildman–Crippen LogP) is 1.35. The molecule has 2 amide bonds. The number of amides is 2. The largest absolute Gasteiger partial charge is 0.331 e. The van der Waals surface area contributed by atoms with E-state index in [1.54, 1.807) is 6.20 Å². The molecule has 2 aliphatic rings. The lowest BCUT2D eigenvalue weighted by Crippen LogP contribution is -2.55. The topological polar surface area (TPSA) is 64.3 Å². The zero-order chi connectivity index (χ0) is 13.9. The number of hydrogen-bond donors (Lipinski definition) is 2. The quantitative estimate of drug-likeness (QED) is 0.876. The zero-order valence-corrected chi connectivity index (χ0v) is 12.0. The molecule has 6 heteroatoms. The molecule has 6 nitrogen and oxygen atoms in total. The maximum absolute atomic E-state index is 12.2. The lowest BCUT2D eigenvalue weighted by molar-refractivity contribution is 0.0725. The Morgan fingerprint density at radius 1 is 1.40 bits per heavy atom. The van der Waals surface area contributed by atoms with E-state index in [9.17, 15) is 4.79 Å². The van der Waals surface area contributed by atoms with Crippen molar-refractivity contribution in [2.75, 3.05) is 26.2 Å². The van der Waals surface area contributed by atoms with Crippen molar-refractivity contribution in [3.63, 3.8) is 0 Å². The van der Waals surface area contributed by atoms with Gasteiger partial charge in [0.2, 0.25) is 0 Å². The van der Waals surface area contributed by atoms with Crippen LogP contribution in [0.5, 0.6) is 0 Å². The maximum Gasteiger partial charge on any atom is 0.317 e. The van der Waals surface area contributed by atoms with Gasteiger partial charge in [-0.1, -0.05) is 6.42 Å². The van der Waals surface area contributed by atoms with Gasteiger partial charge in [0.25, 0.3) is 0 Å². The Balaban J connectivity index is 1.46. The summed E-state index contributed by atoms with van der Waals surface area (Å²) in [5, 5.41) is 9.72. The van der Waals surface area contributed by atoms with E-state index >= 15 is 0 Å². The van der Waals surface area contributed by atoms with Gasteiger partial charge in [-0.15, -0.1) is 0 Å². The van der Waals surface area contributed by atoms with Gasteiger partial charge in [0.15, 0.2) is 0 Å². The molecule has 0 radical (unpaired) electrons. The number of hydrogen-bond acceptors (Lipinski definition) is 3. The van der Waals surface area contributed by atoms with Crippen molar-refractivity contribution in [3.05, 3.63) is 18.0 Å². The molecule has 3 rings (SSSR count). The summed E-state index contributed by atoms with van der Waals surface area (Å²) in [5.41, 5.74) is 1.01. The Morgan fingerprint density at radius 2 is 2.15 bits per heavy atom. The van der Waals surface area contributed by atoms with Gasteiger partial charge in [0.1, 0.15) is 0 Å². The van der Waals surface area contributed by atoms with Gasteiger partial charge in [0, 0.05) is 44.0 Å². The summed E-state index contributed by atoms with van der Waals surface area (Å²) in [6.45, 7) is 5.67. The molecule has 1 aliphatic heterocycles. The minimum Gasteiger partial charge on any atom is -0.331 e. The molecule has 2 N–H and O–H groups in total. The Bertz CT molecular complexity index is 434. The molecule has 1 saturated heterocycles. The lowest BCUT2D eigenvalue weighted by atomic mass is 9.91. The molecular weight excluding hydrogens is 254 g/mol. The summed E-state index contributed by atoms with van der Waals surface area (Å²) in [7, 11) is 0. The molecule has 0 bridgehead atoms. The van der Waals surface area contributed by atoms with Gasteiger partial charge < -0.3 is 10.2 Å². The van der Waals surface area contributed by atoms with Crippen LogP contribution in [0.1, 0.15) is 37.8 Å². The van der Waals surface area contributed by atoms with Gasteiger partial charge in [-0.25, -0.2) is 4.79 Å². The average Bonchev–Trinajstić information content (AvgIpc) is 2.91. The van der Waals surface area contributed by atoms with Crippen LogP contribution in [-0.2, 0) is 0 Å². The molecule has 110 valence electrons. The summed E-state index contributed by atoms with van der Waals surface area (Å²) in [5.74, 6) is 0. The summed E-state index contributed by atoms with van der Waals surface area (Å²) in [6, 6.07) is 0.808. The van der Waals surface area contributed by atoms with Gasteiger partial charge in [-0.3, -0.25) is 10.00 Å². The van der Waals surface area contributed by atoms with Crippen LogP contribution in [0, 0.1) is 0 Å². The highest BCUT2D eigenvalue weighted by Gasteiger charge is 2.29. The highest BCUT2D eigenvalue weighted by atomic mass is 16.2. The third-order valence-corrected chi connectivity index (χ3v) is 4.55. The number of rotatable bonds is 3. The fourth-order valence-electron chi connectivity index (χ4n) is 2.90. The predicted molar refractivity (Wildman–Crippen MR) is 76.3 cm³/mol. The van der Waals surface area contributed by atoms with E-state index in [0.29, 0.717) is 0 Å². The number of carbonyl (C=O) groups excluding carboxylic acids is 1. The number of nitrogens with one attached hydrogen (secondary N) is 2. The molecule has 1 saturated carbocycles. The van der Waals surface area contributed by atoms with E-state index in [2.05, 4.69) is 20.4 Å². The molecule has 1 atom stereocenters. The average molecular weight is 277 g/mol. The van der Waals surface area contributed by atoms with Crippen LogP contribution in [0.4, 0.5) is 4.79 Å². The minimum absolute atomic E-state index is 0.00842. The van der Waals surface area contributed by atoms with Crippen molar-refractivity contribution in [1.82, 2.24) is 25.3 Å². The van der Waals surface area contributed by atoms with Crippen molar-refractivity contribution in [2.45, 2.75) is 38.3 Å². The second-order valence-corrected chi connectivity index (χ2v) is 5.81. The molecule has 1 unspecified atom stereocenters. The van der Waals surface area contributed by atoms with E-state index in [1.165, 1.54) is 19.3 Å². The molecule has 0 spiro atoms. The first kappa shape index (κ1) is 13.4. The van der Waals surface area contributed by atoms with Crippen molar-refractivity contribution in [1.29, 1.82) is 0 Å². The van der Waals surface area contributed by atoms with Gasteiger partial charge in [-0.2, -0.15) is 5.10 Å². The number of H-pyrrole nitrogens is 1. The maximum atomic E-state index is 12.2. The van der Waals surface area contributed by atoms with Crippen LogP contribution in [0.3, 0.4) is 0 Å². The molecule has 1 aromatic rings. The summed E-state index contributed by atoms with van der Waals surface area (Å²) in [6.07, 6.45) is 7.61. The smallest absolute Gasteiger partial charge is 0.317 e. The van der Waals surface area contributed by atoms with E-state index in [1.807, 2.05) is 18.0 Å². The molecule has 2 fully saturated rings. The van der Waals surface area contributed by atoms with Gasteiger partial charge in [0.05, 0.1) is 12.2 Å². The molecule has 0 aromatic carbocycles. The van der Waals surface area contributed by atoms with Crippen molar-refractivity contribution in [3.8, 4) is 0 Å². The fourth-order valence-corrected chi connectivity index (χ4v) is 2.90. The van der Waals surface area contributed by atoms with Crippen LogP contribution in [0.25, 0.3) is 0 Å². The monoisotopic (exact) mass is 277 g/mol. The number of urea groups is 1. The summed E-state index contributed by atoms with van der Waals surface area (Å²) in [4.78, 5) is 16.7. The number of aromatic amines is 1. The molecule has 1 aromatic heterocycles. The van der Waals surface area contributed by atoms with Crippen LogP contribution in [-0.4, -0.2) is 58.2 Å². The summed E-state index contributed by atoms with van der Waals surface area (Å²) >= 11 is 0. The van der Waals surface area contributed by atoms with E-state index in [4.69, 9.17) is 0 Å². The third kappa shape index (κ3) is 2.80. The van der Waals surface area contributed by atoms with Gasteiger partial charge in [-0.05, 0) is 19.8 Å². The number of piperazine rings is 1. The molecule has 2 heterocycles. The Hall–Kier alpha value is -1.56. The normalized spacial score (nSPS) is 22.4. The summed E-state index contributed by atoms with van der Waals surface area (Å²) < 4.78 is 0. The van der Waals surface area contributed by atoms with Crippen molar-refractivity contribution < 1.29 is 4.79 Å². The van der Waals surface area contributed by atoms with Crippen LogP contribution in [0.2, 0.25) is 0 Å². The Kier molecular flexibility index (Phi) is 3.91. The van der Waals surface area contributed by atoms with Crippen LogP contribution in [0.15, 0.2) is 12.4 Å². The van der Waals surface area contributed by atoms with Crippen molar-refractivity contribution in [2.24, 2.45) is 0 Å². The zero-order valence-electron chi connectivity index (χ0n) is 12.0.